The molecular weight excluding hydrogens is 375 g/mol. The summed E-state index contributed by atoms with van der Waals surface area (Å²) in [5.74, 6) is 0.745. The van der Waals surface area contributed by atoms with Crippen molar-refractivity contribution in [3.8, 4) is 5.75 Å². The molecule has 2 aromatic carbocycles. The number of hydrogen-bond acceptors (Lipinski definition) is 6. The highest BCUT2D eigenvalue weighted by Gasteiger charge is 2.11. The van der Waals surface area contributed by atoms with Crippen LogP contribution in [0.4, 0.5) is 20.0 Å². The van der Waals surface area contributed by atoms with Crippen LogP contribution in [-0.2, 0) is 5.75 Å². The van der Waals surface area contributed by atoms with E-state index in [2.05, 4.69) is 20.8 Å². The van der Waals surface area contributed by atoms with Crippen LogP contribution in [0.2, 0.25) is 0 Å². The largest absolute Gasteiger partial charge is 0.495 e. The summed E-state index contributed by atoms with van der Waals surface area (Å²) in [5, 5.41) is 13.6. The van der Waals surface area contributed by atoms with Crippen LogP contribution in [-0.4, -0.2) is 23.3 Å². The first-order valence-corrected chi connectivity index (χ1v) is 9.36. The van der Waals surface area contributed by atoms with Crippen molar-refractivity contribution in [1.82, 2.24) is 10.2 Å². The lowest BCUT2D eigenvalue weighted by atomic mass is 10.2. The zero-order chi connectivity index (χ0) is 18.4. The molecule has 26 heavy (non-hydrogen) atoms. The number of ether oxygens (including phenoxy) is 1. The van der Waals surface area contributed by atoms with Crippen LogP contribution >= 0.6 is 23.1 Å². The molecule has 0 spiro atoms. The van der Waals surface area contributed by atoms with Gasteiger partial charge in [0.2, 0.25) is 5.13 Å². The molecule has 0 saturated heterocycles. The first-order valence-electron chi connectivity index (χ1n) is 7.56. The fourth-order valence-electron chi connectivity index (χ4n) is 2.07. The van der Waals surface area contributed by atoms with Gasteiger partial charge in [0.1, 0.15) is 11.6 Å². The quantitative estimate of drug-likeness (QED) is 0.474. The van der Waals surface area contributed by atoms with Crippen molar-refractivity contribution < 1.29 is 13.9 Å². The van der Waals surface area contributed by atoms with Gasteiger partial charge in [-0.25, -0.2) is 9.18 Å². The molecule has 2 amide bonds. The van der Waals surface area contributed by atoms with E-state index in [1.54, 1.807) is 36.4 Å². The second-order valence-electron chi connectivity index (χ2n) is 5.03. The van der Waals surface area contributed by atoms with E-state index in [0.29, 0.717) is 32.2 Å². The Kier molecular flexibility index (Phi) is 6.03. The number of aromatic nitrogens is 2. The second-order valence-corrected chi connectivity index (χ2v) is 7.23. The highest BCUT2D eigenvalue weighted by atomic mass is 32.2. The van der Waals surface area contributed by atoms with Crippen molar-refractivity contribution in [2.45, 2.75) is 10.1 Å². The first-order chi connectivity index (χ1) is 12.7. The monoisotopic (exact) mass is 390 g/mol. The van der Waals surface area contributed by atoms with Crippen LogP contribution in [0.1, 0.15) is 5.56 Å². The molecule has 1 heterocycles. The van der Waals surface area contributed by atoms with E-state index in [1.165, 1.54) is 36.3 Å². The Bertz CT molecular complexity index is 904. The molecule has 1 aromatic heterocycles. The van der Waals surface area contributed by atoms with Gasteiger partial charge in [0.05, 0.1) is 12.8 Å². The molecule has 0 radical (unpaired) electrons. The van der Waals surface area contributed by atoms with Crippen LogP contribution < -0.4 is 15.4 Å². The summed E-state index contributed by atoms with van der Waals surface area (Å²) in [5.41, 5.74) is 1.14. The van der Waals surface area contributed by atoms with Crippen molar-refractivity contribution >= 4 is 39.9 Å². The minimum atomic E-state index is -0.448. The summed E-state index contributed by atoms with van der Waals surface area (Å²) in [6.45, 7) is 0. The number of carbonyl (C=O) groups is 1. The minimum Gasteiger partial charge on any atom is -0.495 e. The van der Waals surface area contributed by atoms with Gasteiger partial charge in [-0.3, -0.25) is 5.32 Å². The van der Waals surface area contributed by atoms with Crippen molar-refractivity contribution in [1.29, 1.82) is 0 Å². The van der Waals surface area contributed by atoms with Gasteiger partial charge in [-0.05, 0) is 23.8 Å². The fraction of sp³-hybridized carbons (Fsp3) is 0.118. The first kappa shape index (κ1) is 18.2. The molecule has 0 aliphatic carbocycles. The molecule has 0 aliphatic heterocycles. The number of carbonyl (C=O) groups excluding carboxylic acids is 1. The number of benzene rings is 2. The molecule has 0 bridgehead atoms. The Morgan fingerprint density at radius 3 is 2.73 bits per heavy atom. The number of rotatable bonds is 6. The smallest absolute Gasteiger partial charge is 0.325 e. The Hall–Kier alpha value is -2.65. The maximum atomic E-state index is 13.6. The van der Waals surface area contributed by atoms with Gasteiger partial charge in [-0.1, -0.05) is 53.4 Å². The van der Waals surface area contributed by atoms with E-state index in [-0.39, 0.29) is 5.82 Å². The van der Waals surface area contributed by atoms with Gasteiger partial charge in [0.25, 0.3) is 0 Å². The number of anilines is 2. The third kappa shape index (κ3) is 4.70. The third-order valence-corrected chi connectivity index (χ3v) is 5.31. The number of nitrogens with zero attached hydrogens (tertiary/aromatic N) is 2. The molecule has 9 heteroatoms. The Balaban J connectivity index is 1.56. The zero-order valence-corrected chi connectivity index (χ0v) is 15.4. The molecular formula is C17H15FN4O2S2. The predicted octanol–water partition coefficient (Wildman–Crippen LogP) is 4.62. The van der Waals surface area contributed by atoms with Crippen LogP contribution in [0.5, 0.6) is 5.75 Å². The lowest BCUT2D eigenvalue weighted by molar-refractivity contribution is 0.262. The van der Waals surface area contributed by atoms with Gasteiger partial charge in [-0.2, -0.15) is 0 Å². The van der Waals surface area contributed by atoms with E-state index in [1.807, 2.05) is 6.07 Å². The summed E-state index contributed by atoms with van der Waals surface area (Å²) in [7, 11) is 1.53. The molecule has 3 rings (SSSR count). The number of urea groups is 1. The molecule has 0 aliphatic rings. The number of para-hydroxylation sites is 2. The van der Waals surface area contributed by atoms with E-state index >= 15 is 0 Å². The average Bonchev–Trinajstić information content (AvgIpc) is 3.08. The lowest BCUT2D eigenvalue weighted by Gasteiger charge is -2.09. The maximum Gasteiger partial charge on any atom is 0.325 e. The summed E-state index contributed by atoms with van der Waals surface area (Å²) in [6, 6.07) is 13.2. The molecule has 134 valence electrons. The van der Waals surface area contributed by atoms with Crippen LogP contribution in [0.15, 0.2) is 52.9 Å². The van der Waals surface area contributed by atoms with Crippen molar-refractivity contribution in [2.24, 2.45) is 0 Å². The molecule has 3 aromatic rings. The zero-order valence-electron chi connectivity index (χ0n) is 13.7. The van der Waals surface area contributed by atoms with E-state index < -0.39 is 6.03 Å². The Morgan fingerprint density at radius 1 is 1.15 bits per heavy atom. The van der Waals surface area contributed by atoms with Crippen molar-refractivity contribution in [3.05, 3.63) is 59.9 Å². The van der Waals surface area contributed by atoms with E-state index in [0.717, 1.165) is 0 Å². The minimum absolute atomic E-state index is 0.251. The van der Waals surface area contributed by atoms with Crippen molar-refractivity contribution in [2.75, 3.05) is 17.7 Å². The molecule has 0 atom stereocenters. The third-order valence-electron chi connectivity index (χ3n) is 3.29. The molecule has 6 nitrogen and oxygen atoms in total. The Morgan fingerprint density at radius 2 is 1.92 bits per heavy atom. The lowest BCUT2D eigenvalue weighted by Crippen LogP contribution is -2.19. The number of methoxy groups -OCH3 is 1. The highest BCUT2D eigenvalue weighted by molar-refractivity contribution is 8.00. The van der Waals surface area contributed by atoms with Gasteiger partial charge in [0, 0.05) is 5.75 Å². The SMILES string of the molecule is COc1ccccc1NC(=O)Nc1nnc(SCc2ccccc2F)s1. The maximum absolute atomic E-state index is 13.6. The van der Waals surface area contributed by atoms with Crippen molar-refractivity contribution in [3.63, 3.8) is 0 Å². The predicted molar refractivity (Wildman–Crippen MR) is 102 cm³/mol. The molecule has 0 saturated carbocycles. The number of hydrogen-bond donors (Lipinski definition) is 2. The second kappa shape index (κ2) is 8.63. The number of halogens is 1. The number of thioether (sulfide) groups is 1. The Labute approximate surface area is 157 Å². The normalized spacial score (nSPS) is 10.4. The summed E-state index contributed by atoms with van der Waals surface area (Å²) in [4.78, 5) is 12.1. The number of amides is 2. The average molecular weight is 390 g/mol. The number of nitrogens with one attached hydrogen (secondary N) is 2. The van der Waals surface area contributed by atoms with E-state index in [4.69, 9.17) is 4.74 Å². The molecule has 0 fully saturated rings. The van der Waals surface area contributed by atoms with Crippen LogP contribution in [0, 0.1) is 5.82 Å². The van der Waals surface area contributed by atoms with Gasteiger partial charge in [-0.15, -0.1) is 10.2 Å². The molecule has 0 unspecified atom stereocenters. The van der Waals surface area contributed by atoms with Crippen LogP contribution in [0.25, 0.3) is 0 Å². The van der Waals surface area contributed by atoms with Gasteiger partial charge in [0.15, 0.2) is 4.34 Å². The van der Waals surface area contributed by atoms with Crippen LogP contribution in [0.3, 0.4) is 0 Å². The van der Waals surface area contributed by atoms with Gasteiger partial charge < -0.3 is 10.1 Å². The summed E-state index contributed by atoms with van der Waals surface area (Å²) < 4.78 is 19.4. The summed E-state index contributed by atoms with van der Waals surface area (Å²) >= 11 is 2.58. The fourth-order valence-corrected chi connectivity index (χ4v) is 3.81. The summed E-state index contributed by atoms with van der Waals surface area (Å²) in [6.07, 6.45) is 0. The molecule has 2 N–H and O–H groups in total. The topological polar surface area (TPSA) is 76.1 Å². The van der Waals surface area contributed by atoms with Gasteiger partial charge >= 0.3 is 6.03 Å². The standard InChI is InChI=1S/C17H15FN4O2S2/c1-24-14-9-5-4-8-13(14)19-15(23)20-16-21-22-17(26-16)25-10-11-6-2-3-7-12(11)18/h2-9H,10H2,1H3,(H2,19,20,21,23). The highest BCUT2D eigenvalue weighted by Crippen LogP contribution is 2.29. The van der Waals surface area contributed by atoms with E-state index in [9.17, 15) is 9.18 Å².